The lowest BCUT2D eigenvalue weighted by atomic mass is 10.3. The fraction of sp³-hybridized carbons (Fsp3) is 0.308. The van der Waals surface area contributed by atoms with Gasteiger partial charge in [-0.15, -0.1) is 10.2 Å². The molecule has 0 bridgehead atoms. The highest BCUT2D eigenvalue weighted by molar-refractivity contribution is 5.77. The van der Waals surface area contributed by atoms with Crippen LogP contribution in [0.4, 0.5) is 4.39 Å². The Morgan fingerprint density at radius 1 is 1.28 bits per heavy atom. The number of imidazole rings is 1. The maximum Gasteiger partial charge on any atom is 0.182 e. The summed E-state index contributed by atoms with van der Waals surface area (Å²) in [6, 6.07) is 4.52. The third kappa shape index (κ3) is 1.54. The molecule has 0 saturated heterocycles. The molecule has 2 aromatic heterocycles. The maximum absolute atomic E-state index is 13.4. The average Bonchev–Trinajstić information content (AvgIpc) is 2.67. The van der Waals surface area contributed by atoms with Crippen molar-refractivity contribution in [2.24, 2.45) is 0 Å². The number of rotatable bonds is 2. The van der Waals surface area contributed by atoms with Crippen LogP contribution in [0.3, 0.4) is 0 Å². The zero-order valence-electron chi connectivity index (χ0n) is 10.3. The number of fused-ring (bicyclic) bond motifs is 3. The molecule has 0 amide bonds. The minimum Gasteiger partial charge on any atom is -0.277 e. The molecular formula is C13H13FN4. The predicted octanol–water partition coefficient (Wildman–Crippen LogP) is 2.68. The Morgan fingerprint density at radius 2 is 2.11 bits per heavy atom. The van der Waals surface area contributed by atoms with Gasteiger partial charge in [0.1, 0.15) is 17.2 Å². The molecule has 92 valence electrons. The lowest BCUT2D eigenvalue weighted by Crippen LogP contribution is -2.00. The van der Waals surface area contributed by atoms with Crippen molar-refractivity contribution in [1.82, 2.24) is 19.6 Å². The largest absolute Gasteiger partial charge is 0.277 e. The van der Waals surface area contributed by atoms with E-state index in [2.05, 4.69) is 22.1 Å². The molecule has 3 aromatic rings. The fourth-order valence-electron chi connectivity index (χ4n) is 2.20. The fourth-order valence-corrected chi connectivity index (χ4v) is 2.20. The SMILES string of the molecule is CCCc1nc(C)c2nnc3ccc(F)cc3n12. The Balaban J connectivity index is 2.46. The van der Waals surface area contributed by atoms with E-state index in [0.717, 1.165) is 29.9 Å². The Hall–Kier alpha value is -2.04. The van der Waals surface area contributed by atoms with Gasteiger partial charge in [0.2, 0.25) is 0 Å². The second-order valence-corrected chi connectivity index (χ2v) is 4.36. The van der Waals surface area contributed by atoms with Crippen LogP contribution >= 0.6 is 0 Å². The van der Waals surface area contributed by atoms with Crippen molar-refractivity contribution in [2.45, 2.75) is 26.7 Å². The van der Waals surface area contributed by atoms with E-state index in [4.69, 9.17) is 0 Å². The molecule has 0 N–H and O–H groups in total. The smallest absolute Gasteiger partial charge is 0.182 e. The van der Waals surface area contributed by atoms with E-state index in [1.165, 1.54) is 12.1 Å². The van der Waals surface area contributed by atoms with Crippen LogP contribution < -0.4 is 0 Å². The topological polar surface area (TPSA) is 43.1 Å². The molecule has 0 atom stereocenters. The van der Waals surface area contributed by atoms with Gasteiger partial charge in [0.15, 0.2) is 5.65 Å². The molecule has 0 aliphatic carbocycles. The minimum absolute atomic E-state index is 0.273. The Kier molecular flexibility index (Phi) is 2.47. The van der Waals surface area contributed by atoms with Crippen LogP contribution in [0.5, 0.6) is 0 Å². The number of benzene rings is 1. The summed E-state index contributed by atoms with van der Waals surface area (Å²) >= 11 is 0. The van der Waals surface area contributed by atoms with E-state index in [-0.39, 0.29) is 5.82 Å². The predicted molar refractivity (Wildman–Crippen MR) is 67.0 cm³/mol. The third-order valence-corrected chi connectivity index (χ3v) is 2.99. The first-order valence-corrected chi connectivity index (χ1v) is 6.00. The summed E-state index contributed by atoms with van der Waals surface area (Å²) in [6.07, 6.45) is 1.82. The van der Waals surface area contributed by atoms with E-state index < -0.39 is 0 Å². The molecule has 5 heteroatoms. The van der Waals surface area contributed by atoms with E-state index in [1.54, 1.807) is 6.07 Å². The van der Waals surface area contributed by atoms with E-state index in [9.17, 15) is 4.39 Å². The molecule has 0 aliphatic rings. The second-order valence-electron chi connectivity index (χ2n) is 4.36. The highest BCUT2D eigenvalue weighted by atomic mass is 19.1. The van der Waals surface area contributed by atoms with Gasteiger partial charge in [-0.05, 0) is 25.5 Å². The van der Waals surface area contributed by atoms with Crippen molar-refractivity contribution in [3.63, 3.8) is 0 Å². The van der Waals surface area contributed by atoms with Gasteiger partial charge in [-0.3, -0.25) is 4.40 Å². The number of halogens is 1. The molecule has 0 spiro atoms. The average molecular weight is 244 g/mol. The van der Waals surface area contributed by atoms with E-state index in [1.807, 2.05) is 11.3 Å². The second kappa shape index (κ2) is 4.01. The molecule has 18 heavy (non-hydrogen) atoms. The molecule has 0 fully saturated rings. The summed E-state index contributed by atoms with van der Waals surface area (Å²) in [6.45, 7) is 3.99. The van der Waals surface area contributed by atoms with Gasteiger partial charge in [-0.2, -0.15) is 0 Å². The zero-order chi connectivity index (χ0) is 12.7. The number of aromatic nitrogens is 4. The van der Waals surface area contributed by atoms with Gasteiger partial charge in [-0.25, -0.2) is 9.37 Å². The van der Waals surface area contributed by atoms with Crippen molar-refractivity contribution in [3.05, 3.63) is 35.5 Å². The van der Waals surface area contributed by atoms with Gasteiger partial charge >= 0.3 is 0 Å². The summed E-state index contributed by atoms with van der Waals surface area (Å²) in [5.41, 5.74) is 2.94. The highest BCUT2D eigenvalue weighted by Crippen LogP contribution is 2.19. The van der Waals surface area contributed by atoms with Crippen LogP contribution in [0, 0.1) is 12.7 Å². The van der Waals surface area contributed by atoms with Crippen LogP contribution in [-0.2, 0) is 6.42 Å². The maximum atomic E-state index is 13.4. The molecular weight excluding hydrogens is 231 g/mol. The lowest BCUT2D eigenvalue weighted by molar-refractivity contribution is 0.628. The van der Waals surface area contributed by atoms with Gasteiger partial charge in [0, 0.05) is 12.5 Å². The van der Waals surface area contributed by atoms with Crippen LogP contribution in [0.2, 0.25) is 0 Å². The zero-order valence-corrected chi connectivity index (χ0v) is 10.3. The van der Waals surface area contributed by atoms with Gasteiger partial charge < -0.3 is 0 Å². The summed E-state index contributed by atoms with van der Waals surface area (Å²) < 4.78 is 15.3. The standard InChI is InChI=1S/C13H13FN4/c1-3-4-12-15-8(2)13-17-16-10-6-5-9(14)7-11(10)18(12)13/h5-7H,3-4H2,1-2H3. The normalized spacial score (nSPS) is 11.5. The van der Waals surface area contributed by atoms with Crippen LogP contribution in [-0.4, -0.2) is 19.6 Å². The Labute approximate surface area is 103 Å². The monoisotopic (exact) mass is 244 g/mol. The van der Waals surface area contributed by atoms with Crippen molar-refractivity contribution >= 4 is 16.7 Å². The number of hydrogen-bond acceptors (Lipinski definition) is 3. The van der Waals surface area contributed by atoms with Crippen molar-refractivity contribution in [3.8, 4) is 0 Å². The van der Waals surface area contributed by atoms with Gasteiger partial charge in [0.05, 0.1) is 11.2 Å². The number of aryl methyl sites for hydroxylation is 2. The van der Waals surface area contributed by atoms with Crippen molar-refractivity contribution in [1.29, 1.82) is 0 Å². The third-order valence-electron chi connectivity index (χ3n) is 2.99. The first kappa shape index (κ1) is 11.1. The molecule has 0 aliphatic heterocycles. The van der Waals surface area contributed by atoms with E-state index >= 15 is 0 Å². The van der Waals surface area contributed by atoms with Crippen LogP contribution in [0.25, 0.3) is 16.7 Å². The molecule has 0 radical (unpaired) electrons. The highest BCUT2D eigenvalue weighted by Gasteiger charge is 2.12. The molecule has 2 heterocycles. The van der Waals surface area contributed by atoms with Crippen molar-refractivity contribution < 1.29 is 4.39 Å². The van der Waals surface area contributed by atoms with Crippen LogP contribution in [0.1, 0.15) is 24.9 Å². The van der Waals surface area contributed by atoms with E-state index in [0.29, 0.717) is 11.2 Å². The molecule has 1 aromatic carbocycles. The molecule has 0 saturated carbocycles. The van der Waals surface area contributed by atoms with Crippen LogP contribution in [0.15, 0.2) is 18.2 Å². The molecule has 0 unspecified atom stereocenters. The summed E-state index contributed by atoms with van der Waals surface area (Å²) in [7, 11) is 0. The quantitative estimate of drug-likeness (QED) is 0.696. The summed E-state index contributed by atoms with van der Waals surface area (Å²) in [5, 5.41) is 8.28. The number of nitrogens with zero attached hydrogens (tertiary/aromatic N) is 4. The summed E-state index contributed by atoms with van der Waals surface area (Å²) in [4.78, 5) is 4.50. The first-order valence-electron chi connectivity index (χ1n) is 6.00. The minimum atomic E-state index is -0.273. The van der Waals surface area contributed by atoms with Crippen molar-refractivity contribution in [2.75, 3.05) is 0 Å². The molecule has 4 nitrogen and oxygen atoms in total. The number of hydrogen-bond donors (Lipinski definition) is 0. The van der Waals surface area contributed by atoms with Gasteiger partial charge in [0.25, 0.3) is 0 Å². The summed E-state index contributed by atoms with van der Waals surface area (Å²) in [5.74, 6) is 0.640. The van der Waals surface area contributed by atoms with Gasteiger partial charge in [-0.1, -0.05) is 6.92 Å². The first-order chi connectivity index (χ1) is 8.70. The lowest BCUT2D eigenvalue weighted by Gasteiger charge is -2.03. The molecule has 3 rings (SSSR count). The Morgan fingerprint density at radius 3 is 2.89 bits per heavy atom. The Bertz CT molecular complexity index is 733.